The third-order valence-corrected chi connectivity index (χ3v) is 3.85. The smallest absolute Gasteiger partial charge is 0.137 e. The SMILES string of the molecule is Cc1cccc2nc(C3CCN(C)CC3)cn12. The van der Waals surface area contributed by atoms with E-state index < -0.39 is 0 Å². The molecule has 1 aliphatic rings. The highest BCUT2D eigenvalue weighted by atomic mass is 15.1. The number of fused-ring (bicyclic) bond motifs is 1. The molecule has 0 atom stereocenters. The maximum Gasteiger partial charge on any atom is 0.137 e. The number of nitrogens with zero attached hydrogens (tertiary/aromatic N) is 3. The Morgan fingerprint density at radius 3 is 2.71 bits per heavy atom. The van der Waals surface area contributed by atoms with Crippen molar-refractivity contribution >= 4 is 5.65 Å². The highest BCUT2D eigenvalue weighted by Gasteiger charge is 2.20. The van der Waals surface area contributed by atoms with Gasteiger partial charge in [-0.25, -0.2) is 4.98 Å². The molecule has 1 fully saturated rings. The van der Waals surface area contributed by atoms with Gasteiger partial charge >= 0.3 is 0 Å². The van der Waals surface area contributed by atoms with Crippen molar-refractivity contribution in [3.63, 3.8) is 0 Å². The summed E-state index contributed by atoms with van der Waals surface area (Å²) < 4.78 is 2.20. The van der Waals surface area contributed by atoms with E-state index in [4.69, 9.17) is 4.98 Å². The molecule has 0 radical (unpaired) electrons. The molecule has 2 aromatic heterocycles. The molecule has 0 N–H and O–H groups in total. The van der Waals surface area contributed by atoms with Gasteiger partial charge < -0.3 is 9.30 Å². The van der Waals surface area contributed by atoms with Crippen LogP contribution in [0.15, 0.2) is 24.4 Å². The van der Waals surface area contributed by atoms with Crippen molar-refractivity contribution in [3.8, 4) is 0 Å². The van der Waals surface area contributed by atoms with Gasteiger partial charge in [0, 0.05) is 17.8 Å². The average Bonchev–Trinajstić information content (AvgIpc) is 2.75. The van der Waals surface area contributed by atoms with Crippen LogP contribution in [0.25, 0.3) is 5.65 Å². The second-order valence-electron chi connectivity index (χ2n) is 5.14. The lowest BCUT2D eigenvalue weighted by Crippen LogP contribution is -2.29. The summed E-state index contributed by atoms with van der Waals surface area (Å²) in [6.07, 6.45) is 4.69. The van der Waals surface area contributed by atoms with Crippen molar-refractivity contribution in [2.45, 2.75) is 25.7 Å². The molecular formula is C14H19N3. The zero-order valence-electron chi connectivity index (χ0n) is 10.6. The standard InChI is InChI=1S/C14H19N3/c1-11-4-3-5-14-15-13(10-17(11)14)12-6-8-16(2)9-7-12/h3-5,10,12H,6-9H2,1-2H3. The Bertz CT molecular complexity index is 521. The molecule has 0 aromatic carbocycles. The van der Waals surface area contributed by atoms with E-state index in [9.17, 15) is 0 Å². The maximum atomic E-state index is 4.77. The van der Waals surface area contributed by atoms with Crippen molar-refractivity contribution < 1.29 is 0 Å². The first-order valence-electron chi connectivity index (χ1n) is 6.37. The van der Waals surface area contributed by atoms with Gasteiger partial charge in [0.1, 0.15) is 5.65 Å². The lowest BCUT2D eigenvalue weighted by Gasteiger charge is -2.27. The molecule has 90 valence electrons. The van der Waals surface area contributed by atoms with Crippen molar-refractivity contribution in [2.24, 2.45) is 0 Å². The third kappa shape index (κ3) is 1.95. The molecule has 0 aliphatic carbocycles. The minimum atomic E-state index is 0.644. The number of piperidine rings is 1. The maximum absolute atomic E-state index is 4.77. The lowest BCUT2D eigenvalue weighted by atomic mass is 9.94. The zero-order valence-corrected chi connectivity index (χ0v) is 10.6. The normalized spacial score (nSPS) is 18.9. The van der Waals surface area contributed by atoms with Crippen LogP contribution < -0.4 is 0 Å². The molecule has 0 unspecified atom stereocenters. The Hall–Kier alpha value is -1.35. The molecular weight excluding hydrogens is 210 g/mol. The molecule has 0 bridgehead atoms. The first kappa shape index (κ1) is 10.8. The Balaban J connectivity index is 1.93. The molecule has 0 amide bonds. The second-order valence-corrected chi connectivity index (χ2v) is 5.14. The quantitative estimate of drug-likeness (QED) is 0.748. The van der Waals surface area contributed by atoms with Gasteiger partial charge in [0.05, 0.1) is 5.69 Å². The van der Waals surface area contributed by atoms with Crippen LogP contribution >= 0.6 is 0 Å². The van der Waals surface area contributed by atoms with E-state index in [0.717, 1.165) is 5.65 Å². The fourth-order valence-corrected chi connectivity index (χ4v) is 2.67. The summed E-state index contributed by atoms with van der Waals surface area (Å²) in [5.41, 5.74) is 3.61. The molecule has 2 aromatic rings. The fourth-order valence-electron chi connectivity index (χ4n) is 2.67. The molecule has 17 heavy (non-hydrogen) atoms. The average molecular weight is 229 g/mol. The van der Waals surface area contributed by atoms with Gasteiger partial charge in [-0.15, -0.1) is 0 Å². The van der Waals surface area contributed by atoms with Crippen LogP contribution in [0.3, 0.4) is 0 Å². The van der Waals surface area contributed by atoms with Crippen molar-refractivity contribution in [2.75, 3.05) is 20.1 Å². The van der Waals surface area contributed by atoms with Crippen LogP contribution in [-0.4, -0.2) is 34.4 Å². The van der Waals surface area contributed by atoms with E-state index in [-0.39, 0.29) is 0 Å². The van der Waals surface area contributed by atoms with Crippen LogP contribution in [0, 0.1) is 6.92 Å². The molecule has 1 saturated heterocycles. The Labute approximate surface area is 102 Å². The van der Waals surface area contributed by atoms with Gasteiger partial charge in [-0.1, -0.05) is 6.07 Å². The topological polar surface area (TPSA) is 20.5 Å². The van der Waals surface area contributed by atoms with E-state index in [0.29, 0.717) is 5.92 Å². The summed E-state index contributed by atoms with van der Waals surface area (Å²) in [4.78, 5) is 7.17. The van der Waals surface area contributed by atoms with Crippen LogP contribution in [-0.2, 0) is 0 Å². The van der Waals surface area contributed by atoms with Gasteiger partial charge in [0.15, 0.2) is 0 Å². The first-order chi connectivity index (χ1) is 8.24. The number of aryl methyl sites for hydroxylation is 1. The fraction of sp³-hybridized carbons (Fsp3) is 0.500. The van der Waals surface area contributed by atoms with Crippen LogP contribution in [0.1, 0.15) is 30.1 Å². The van der Waals surface area contributed by atoms with Crippen LogP contribution in [0.4, 0.5) is 0 Å². The van der Waals surface area contributed by atoms with E-state index in [1.807, 2.05) is 0 Å². The molecule has 3 nitrogen and oxygen atoms in total. The lowest BCUT2D eigenvalue weighted by molar-refractivity contribution is 0.253. The predicted octanol–water partition coefficient (Wildman–Crippen LogP) is 2.45. The highest BCUT2D eigenvalue weighted by molar-refractivity contribution is 5.42. The van der Waals surface area contributed by atoms with Gasteiger partial charge in [0.25, 0.3) is 0 Å². The summed E-state index contributed by atoms with van der Waals surface area (Å²) in [6.45, 7) is 4.52. The summed E-state index contributed by atoms with van der Waals surface area (Å²) in [5.74, 6) is 0.644. The highest BCUT2D eigenvalue weighted by Crippen LogP contribution is 2.27. The number of likely N-dealkylation sites (tertiary alicyclic amines) is 1. The second kappa shape index (κ2) is 4.15. The van der Waals surface area contributed by atoms with Crippen molar-refractivity contribution in [1.82, 2.24) is 14.3 Å². The van der Waals surface area contributed by atoms with E-state index in [1.165, 1.54) is 37.3 Å². The van der Waals surface area contributed by atoms with E-state index in [2.05, 4.69) is 47.7 Å². The Morgan fingerprint density at radius 1 is 1.24 bits per heavy atom. The molecule has 3 heteroatoms. The zero-order chi connectivity index (χ0) is 11.8. The van der Waals surface area contributed by atoms with Gasteiger partial charge in [-0.3, -0.25) is 0 Å². The molecule has 0 spiro atoms. The van der Waals surface area contributed by atoms with Gasteiger partial charge in [-0.05, 0) is 52.0 Å². The van der Waals surface area contributed by atoms with E-state index in [1.54, 1.807) is 0 Å². The minimum Gasteiger partial charge on any atom is -0.306 e. The van der Waals surface area contributed by atoms with Crippen molar-refractivity contribution in [1.29, 1.82) is 0 Å². The number of pyridine rings is 1. The number of hydrogen-bond donors (Lipinski definition) is 0. The van der Waals surface area contributed by atoms with Crippen LogP contribution in [0.5, 0.6) is 0 Å². The summed E-state index contributed by atoms with van der Waals surface area (Å²) in [7, 11) is 2.20. The summed E-state index contributed by atoms with van der Waals surface area (Å²) in [6, 6.07) is 6.30. The number of hydrogen-bond acceptors (Lipinski definition) is 2. The molecule has 3 rings (SSSR count). The predicted molar refractivity (Wildman–Crippen MR) is 69.4 cm³/mol. The summed E-state index contributed by atoms with van der Waals surface area (Å²) in [5, 5.41) is 0. The largest absolute Gasteiger partial charge is 0.306 e. The third-order valence-electron chi connectivity index (χ3n) is 3.85. The van der Waals surface area contributed by atoms with E-state index >= 15 is 0 Å². The molecule has 3 heterocycles. The summed E-state index contributed by atoms with van der Waals surface area (Å²) >= 11 is 0. The number of aromatic nitrogens is 2. The first-order valence-corrected chi connectivity index (χ1v) is 6.37. The minimum absolute atomic E-state index is 0.644. The molecule has 1 aliphatic heterocycles. The number of imidazole rings is 1. The van der Waals surface area contributed by atoms with Crippen LogP contribution in [0.2, 0.25) is 0 Å². The van der Waals surface area contributed by atoms with Gasteiger partial charge in [-0.2, -0.15) is 0 Å². The Kier molecular flexibility index (Phi) is 2.63. The van der Waals surface area contributed by atoms with Gasteiger partial charge in [0.2, 0.25) is 0 Å². The van der Waals surface area contributed by atoms with Crippen molar-refractivity contribution in [3.05, 3.63) is 35.8 Å². The Morgan fingerprint density at radius 2 is 2.00 bits per heavy atom. The molecule has 0 saturated carbocycles. The number of rotatable bonds is 1. The monoisotopic (exact) mass is 229 g/mol.